The molecule has 0 atom stereocenters. The third-order valence-corrected chi connectivity index (χ3v) is 3.02. The molecular formula is C14H17ClN6O2. The van der Waals surface area contributed by atoms with E-state index in [4.69, 9.17) is 11.6 Å². The molecule has 0 unspecified atom stereocenters. The number of anilines is 3. The first-order valence-electron chi connectivity index (χ1n) is 6.82. The summed E-state index contributed by atoms with van der Waals surface area (Å²) in [5, 5.41) is 14.7. The van der Waals surface area contributed by atoms with Crippen molar-refractivity contribution in [3.63, 3.8) is 0 Å². The van der Waals surface area contributed by atoms with Gasteiger partial charge < -0.3 is 5.32 Å². The van der Waals surface area contributed by atoms with Gasteiger partial charge in [0.15, 0.2) is 0 Å². The summed E-state index contributed by atoms with van der Waals surface area (Å²) in [7, 11) is 0. The number of para-hydroxylation sites is 1. The third kappa shape index (κ3) is 4.51. The number of nitro groups is 1. The number of rotatable bonds is 5. The average molecular weight is 337 g/mol. The molecule has 0 aliphatic heterocycles. The van der Waals surface area contributed by atoms with E-state index in [0.29, 0.717) is 10.7 Å². The van der Waals surface area contributed by atoms with Crippen molar-refractivity contribution in [2.24, 2.45) is 0 Å². The molecule has 0 saturated heterocycles. The second-order valence-corrected chi connectivity index (χ2v) is 6.19. The van der Waals surface area contributed by atoms with E-state index in [2.05, 4.69) is 26.1 Å². The lowest BCUT2D eigenvalue weighted by Gasteiger charge is -2.21. The van der Waals surface area contributed by atoms with E-state index < -0.39 is 4.92 Å². The zero-order valence-corrected chi connectivity index (χ0v) is 13.7. The summed E-state index contributed by atoms with van der Waals surface area (Å²) < 4.78 is 0. The Hall–Kier alpha value is -2.45. The van der Waals surface area contributed by atoms with Gasteiger partial charge >= 0.3 is 5.69 Å². The summed E-state index contributed by atoms with van der Waals surface area (Å²) in [6.07, 6.45) is 1.23. The van der Waals surface area contributed by atoms with Gasteiger partial charge in [-0.25, -0.2) is 15.4 Å². The molecule has 9 heteroatoms. The Morgan fingerprint density at radius 3 is 2.43 bits per heavy atom. The lowest BCUT2D eigenvalue weighted by Crippen LogP contribution is -2.40. The Bertz CT molecular complexity index is 717. The van der Waals surface area contributed by atoms with Crippen molar-refractivity contribution < 1.29 is 4.92 Å². The van der Waals surface area contributed by atoms with Crippen molar-refractivity contribution in [3.8, 4) is 0 Å². The van der Waals surface area contributed by atoms with Gasteiger partial charge in [-0.2, -0.15) is 0 Å². The topological polar surface area (TPSA) is 105 Å². The summed E-state index contributed by atoms with van der Waals surface area (Å²) >= 11 is 6.06. The van der Waals surface area contributed by atoms with Crippen molar-refractivity contribution in [2.75, 3.05) is 10.7 Å². The first-order chi connectivity index (χ1) is 10.8. The molecule has 1 aromatic heterocycles. The quantitative estimate of drug-likeness (QED) is 0.566. The number of nitrogens with zero attached hydrogens (tertiary/aromatic N) is 3. The number of halogens is 1. The molecule has 0 saturated carbocycles. The van der Waals surface area contributed by atoms with E-state index in [-0.39, 0.29) is 22.9 Å². The van der Waals surface area contributed by atoms with Crippen molar-refractivity contribution in [1.29, 1.82) is 0 Å². The van der Waals surface area contributed by atoms with Gasteiger partial charge in [0, 0.05) is 5.54 Å². The van der Waals surface area contributed by atoms with Gasteiger partial charge in [0.1, 0.15) is 6.33 Å². The molecule has 0 radical (unpaired) electrons. The molecule has 0 amide bonds. The predicted molar refractivity (Wildman–Crippen MR) is 89.9 cm³/mol. The largest absolute Gasteiger partial charge is 0.354 e. The summed E-state index contributed by atoms with van der Waals surface area (Å²) in [5.41, 5.74) is 5.65. The van der Waals surface area contributed by atoms with Crippen molar-refractivity contribution in [2.45, 2.75) is 26.3 Å². The predicted octanol–water partition coefficient (Wildman–Crippen LogP) is 3.50. The van der Waals surface area contributed by atoms with Gasteiger partial charge in [-0.05, 0) is 32.9 Å². The molecule has 3 N–H and O–H groups in total. The standard InChI is InChI=1S/C14H17ClN6O2/c1-14(2,3)20-19-13-11(21(22)23)12(16-8-17-13)18-10-7-5-4-6-9(10)15/h4-8,20H,1-3H3,(H2,16,17,18,19). The van der Waals surface area contributed by atoms with E-state index in [0.717, 1.165) is 0 Å². The van der Waals surface area contributed by atoms with Gasteiger partial charge in [0.05, 0.1) is 15.6 Å². The average Bonchev–Trinajstić information content (AvgIpc) is 2.46. The maximum absolute atomic E-state index is 11.4. The summed E-state index contributed by atoms with van der Waals surface area (Å²) in [5.74, 6) is 0.116. The first-order valence-corrected chi connectivity index (χ1v) is 7.20. The molecule has 2 rings (SSSR count). The number of hydrogen-bond donors (Lipinski definition) is 3. The molecular weight excluding hydrogens is 320 g/mol. The van der Waals surface area contributed by atoms with Gasteiger partial charge in [0.25, 0.3) is 0 Å². The molecule has 0 aliphatic carbocycles. The molecule has 23 heavy (non-hydrogen) atoms. The molecule has 0 fully saturated rings. The summed E-state index contributed by atoms with van der Waals surface area (Å²) in [6, 6.07) is 6.91. The minimum Gasteiger partial charge on any atom is -0.333 e. The highest BCUT2D eigenvalue weighted by Crippen LogP contribution is 2.32. The number of hydrogen-bond acceptors (Lipinski definition) is 7. The molecule has 8 nitrogen and oxygen atoms in total. The highest BCUT2D eigenvalue weighted by molar-refractivity contribution is 6.33. The summed E-state index contributed by atoms with van der Waals surface area (Å²) in [6.45, 7) is 5.74. The normalized spacial score (nSPS) is 11.1. The minimum atomic E-state index is -0.550. The van der Waals surface area contributed by atoms with E-state index in [1.165, 1.54) is 6.33 Å². The lowest BCUT2D eigenvalue weighted by molar-refractivity contribution is -0.383. The lowest BCUT2D eigenvalue weighted by atomic mass is 10.1. The number of benzene rings is 1. The minimum absolute atomic E-state index is 0.0521. The first kappa shape index (κ1) is 16.9. The van der Waals surface area contributed by atoms with Crippen LogP contribution in [0, 0.1) is 10.1 Å². The maximum Gasteiger partial charge on any atom is 0.354 e. The molecule has 0 bridgehead atoms. The van der Waals surface area contributed by atoms with E-state index in [1.54, 1.807) is 24.3 Å². The fourth-order valence-corrected chi connectivity index (χ4v) is 1.85. The van der Waals surface area contributed by atoms with Crippen LogP contribution in [0.25, 0.3) is 0 Å². The van der Waals surface area contributed by atoms with Crippen molar-refractivity contribution in [1.82, 2.24) is 15.4 Å². The van der Waals surface area contributed by atoms with Crippen LogP contribution >= 0.6 is 11.6 Å². The van der Waals surface area contributed by atoms with Crippen molar-refractivity contribution in [3.05, 3.63) is 45.7 Å². The zero-order chi connectivity index (χ0) is 17.0. The van der Waals surface area contributed by atoms with Crippen LogP contribution in [0.4, 0.5) is 23.0 Å². The molecule has 1 aromatic carbocycles. The second-order valence-electron chi connectivity index (χ2n) is 5.78. The number of aromatic nitrogens is 2. The SMILES string of the molecule is CC(C)(C)NNc1ncnc(Nc2ccccc2Cl)c1[N+](=O)[O-]. The monoisotopic (exact) mass is 336 g/mol. The van der Waals surface area contributed by atoms with E-state index >= 15 is 0 Å². The fraction of sp³-hybridized carbons (Fsp3) is 0.286. The van der Waals surface area contributed by atoms with Gasteiger partial charge in [0.2, 0.25) is 11.6 Å². The van der Waals surface area contributed by atoms with Gasteiger partial charge in [-0.1, -0.05) is 23.7 Å². The maximum atomic E-state index is 11.4. The van der Waals surface area contributed by atoms with Crippen LogP contribution in [0.5, 0.6) is 0 Å². The third-order valence-electron chi connectivity index (χ3n) is 2.69. The summed E-state index contributed by atoms with van der Waals surface area (Å²) in [4.78, 5) is 18.8. The van der Waals surface area contributed by atoms with Crippen LogP contribution in [0.3, 0.4) is 0 Å². The highest BCUT2D eigenvalue weighted by Gasteiger charge is 2.24. The smallest absolute Gasteiger partial charge is 0.333 e. The Balaban J connectivity index is 2.36. The Labute approximate surface area is 138 Å². The molecule has 0 aliphatic rings. The van der Waals surface area contributed by atoms with Gasteiger partial charge in [-0.3, -0.25) is 15.5 Å². The molecule has 0 spiro atoms. The van der Waals surface area contributed by atoms with Crippen molar-refractivity contribution >= 4 is 34.6 Å². The van der Waals surface area contributed by atoms with Crippen LogP contribution < -0.4 is 16.2 Å². The van der Waals surface area contributed by atoms with E-state index in [1.807, 2.05) is 20.8 Å². The Kier molecular flexibility index (Phi) is 4.97. The van der Waals surface area contributed by atoms with Crippen LogP contribution in [0.15, 0.2) is 30.6 Å². The van der Waals surface area contributed by atoms with Crippen LogP contribution in [-0.4, -0.2) is 20.4 Å². The van der Waals surface area contributed by atoms with Crippen LogP contribution in [0.2, 0.25) is 5.02 Å². The van der Waals surface area contributed by atoms with E-state index in [9.17, 15) is 10.1 Å². The Morgan fingerprint density at radius 1 is 1.17 bits per heavy atom. The van der Waals surface area contributed by atoms with Crippen LogP contribution in [-0.2, 0) is 0 Å². The van der Waals surface area contributed by atoms with Gasteiger partial charge in [-0.15, -0.1) is 0 Å². The molecule has 2 aromatic rings. The second kappa shape index (κ2) is 6.76. The fourth-order valence-electron chi connectivity index (χ4n) is 1.67. The molecule has 1 heterocycles. The number of hydrazine groups is 1. The zero-order valence-electron chi connectivity index (χ0n) is 12.9. The Morgan fingerprint density at radius 2 is 1.83 bits per heavy atom. The molecule has 122 valence electrons. The van der Waals surface area contributed by atoms with Crippen LogP contribution in [0.1, 0.15) is 20.8 Å². The highest BCUT2D eigenvalue weighted by atomic mass is 35.5. The number of nitrogens with one attached hydrogen (secondary N) is 3.